The normalized spacial score (nSPS) is 23.2. The van der Waals surface area contributed by atoms with Crippen LogP contribution in [0.1, 0.15) is 19.8 Å². The van der Waals surface area contributed by atoms with Crippen LogP contribution in [0.3, 0.4) is 0 Å². The third-order valence-electron chi connectivity index (χ3n) is 3.33. The van der Waals surface area contributed by atoms with Gasteiger partial charge in [-0.25, -0.2) is 0 Å². The number of nitrogens with zero attached hydrogens (tertiary/aromatic N) is 2. The molecule has 1 saturated heterocycles. The van der Waals surface area contributed by atoms with Crippen LogP contribution in [0.25, 0.3) is 11.5 Å². The van der Waals surface area contributed by atoms with Gasteiger partial charge in [0.1, 0.15) is 0 Å². The molecule has 0 amide bonds. The van der Waals surface area contributed by atoms with E-state index in [1.807, 2.05) is 18.2 Å². The fraction of sp³-hybridized carbons (Fsp3) is 0.429. The van der Waals surface area contributed by atoms with Crippen molar-refractivity contribution in [2.75, 3.05) is 11.9 Å². The van der Waals surface area contributed by atoms with Gasteiger partial charge in [0.05, 0.1) is 6.10 Å². The van der Waals surface area contributed by atoms with Gasteiger partial charge in [-0.3, -0.25) is 0 Å². The predicted molar refractivity (Wildman–Crippen MR) is 71.8 cm³/mol. The van der Waals surface area contributed by atoms with Crippen molar-refractivity contribution in [1.29, 1.82) is 0 Å². The molecule has 0 spiro atoms. The molecule has 2 heterocycles. The number of ether oxygens (including phenoxy) is 1. The van der Waals surface area contributed by atoms with Crippen molar-refractivity contribution in [2.24, 2.45) is 0 Å². The lowest BCUT2D eigenvalue weighted by atomic mass is 10.0. The van der Waals surface area contributed by atoms with Crippen LogP contribution in [0.5, 0.6) is 0 Å². The molecule has 0 aliphatic carbocycles. The second-order valence-corrected chi connectivity index (χ2v) is 4.87. The molecule has 1 aromatic heterocycles. The van der Waals surface area contributed by atoms with E-state index in [1.54, 1.807) is 0 Å². The summed E-state index contributed by atoms with van der Waals surface area (Å²) in [6.45, 7) is 2.94. The molecule has 1 aliphatic rings. The Hall–Kier alpha value is -1.88. The largest absolute Gasteiger partial charge is 0.423 e. The predicted octanol–water partition coefficient (Wildman–Crippen LogP) is 2.72. The highest BCUT2D eigenvalue weighted by molar-refractivity contribution is 5.61. The van der Waals surface area contributed by atoms with Gasteiger partial charge >= 0.3 is 0 Å². The monoisotopic (exact) mass is 259 g/mol. The average Bonchev–Trinajstić information content (AvgIpc) is 2.93. The van der Waals surface area contributed by atoms with Gasteiger partial charge in [-0.05, 0) is 38.0 Å². The summed E-state index contributed by atoms with van der Waals surface area (Å²) in [5.41, 5.74) is 2.01. The number of hydrogen-bond donors (Lipinski definition) is 1. The van der Waals surface area contributed by atoms with Gasteiger partial charge in [0.25, 0.3) is 0 Å². The van der Waals surface area contributed by atoms with Gasteiger partial charge < -0.3 is 14.5 Å². The maximum Gasteiger partial charge on any atom is 0.247 e. The summed E-state index contributed by atoms with van der Waals surface area (Å²) < 4.78 is 10.8. The molecule has 1 aromatic carbocycles. The zero-order valence-electron chi connectivity index (χ0n) is 10.9. The van der Waals surface area contributed by atoms with Crippen LogP contribution in [0, 0.1) is 0 Å². The first-order chi connectivity index (χ1) is 9.31. The Labute approximate surface area is 112 Å². The molecule has 1 N–H and O–H groups in total. The second-order valence-electron chi connectivity index (χ2n) is 4.87. The highest BCUT2D eigenvalue weighted by Crippen LogP contribution is 2.23. The molecule has 2 aromatic rings. The van der Waals surface area contributed by atoms with Gasteiger partial charge in [-0.2, -0.15) is 0 Å². The Kier molecular flexibility index (Phi) is 3.46. The van der Waals surface area contributed by atoms with Crippen molar-refractivity contribution < 1.29 is 9.15 Å². The molecular weight excluding hydrogens is 242 g/mol. The summed E-state index contributed by atoms with van der Waals surface area (Å²) in [4.78, 5) is 0. The van der Waals surface area contributed by atoms with Crippen LogP contribution in [0.2, 0.25) is 0 Å². The molecule has 0 saturated carbocycles. The van der Waals surface area contributed by atoms with Crippen LogP contribution in [-0.4, -0.2) is 29.0 Å². The molecule has 100 valence electrons. The Bertz CT molecular complexity index is 527. The van der Waals surface area contributed by atoms with Crippen molar-refractivity contribution in [3.63, 3.8) is 0 Å². The molecular formula is C14H17N3O2. The number of benzene rings is 1. The van der Waals surface area contributed by atoms with Crippen LogP contribution < -0.4 is 5.32 Å². The quantitative estimate of drug-likeness (QED) is 0.918. The molecule has 2 atom stereocenters. The third-order valence-corrected chi connectivity index (χ3v) is 3.33. The lowest BCUT2D eigenvalue weighted by Crippen LogP contribution is -2.32. The molecule has 19 heavy (non-hydrogen) atoms. The standard InChI is InChI=1S/C14H17N3O2/c1-10-7-13(5-6-18-10)16-12-4-2-3-11(8-12)14-17-15-9-19-14/h2-4,8-10,13,16H,5-7H2,1H3. The first-order valence-electron chi connectivity index (χ1n) is 6.56. The topological polar surface area (TPSA) is 60.2 Å². The van der Waals surface area contributed by atoms with E-state index < -0.39 is 0 Å². The lowest BCUT2D eigenvalue weighted by Gasteiger charge is -2.28. The van der Waals surface area contributed by atoms with Crippen molar-refractivity contribution in [3.05, 3.63) is 30.7 Å². The fourth-order valence-corrected chi connectivity index (χ4v) is 2.41. The number of anilines is 1. The number of rotatable bonds is 3. The second kappa shape index (κ2) is 5.40. The Morgan fingerprint density at radius 2 is 2.32 bits per heavy atom. The van der Waals surface area contributed by atoms with E-state index in [2.05, 4.69) is 28.5 Å². The molecule has 0 bridgehead atoms. The number of hydrogen-bond acceptors (Lipinski definition) is 5. The maximum atomic E-state index is 5.56. The van der Waals surface area contributed by atoms with Gasteiger partial charge in [-0.1, -0.05) is 6.07 Å². The van der Waals surface area contributed by atoms with Crippen LogP contribution in [0.15, 0.2) is 35.1 Å². The zero-order chi connectivity index (χ0) is 13.1. The van der Waals surface area contributed by atoms with Crippen LogP contribution in [0.4, 0.5) is 5.69 Å². The molecule has 1 fully saturated rings. The molecule has 5 nitrogen and oxygen atoms in total. The van der Waals surface area contributed by atoms with Gasteiger partial charge in [0.15, 0.2) is 0 Å². The smallest absolute Gasteiger partial charge is 0.247 e. The van der Waals surface area contributed by atoms with Crippen molar-refractivity contribution in [3.8, 4) is 11.5 Å². The molecule has 3 rings (SSSR count). The summed E-state index contributed by atoms with van der Waals surface area (Å²) in [7, 11) is 0. The Morgan fingerprint density at radius 3 is 3.11 bits per heavy atom. The van der Waals surface area contributed by atoms with Crippen LogP contribution in [-0.2, 0) is 4.74 Å². The summed E-state index contributed by atoms with van der Waals surface area (Å²) in [6.07, 6.45) is 3.74. The van der Waals surface area contributed by atoms with E-state index >= 15 is 0 Å². The van der Waals surface area contributed by atoms with Gasteiger partial charge in [0.2, 0.25) is 12.3 Å². The minimum atomic E-state index is 0.324. The van der Waals surface area contributed by atoms with E-state index in [0.717, 1.165) is 30.7 Å². The summed E-state index contributed by atoms with van der Waals surface area (Å²) in [6, 6.07) is 8.51. The van der Waals surface area contributed by atoms with E-state index in [1.165, 1.54) is 6.39 Å². The lowest BCUT2D eigenvalue weighted by molar-refractivity contribution is 0.0232. The van der Waals surface area contributed by atoms with Gasteiger partial charge in [-0.15, -0.1) is 10.2 Å². The van der Waals surface area contributed by atoms with Crippen molar-refractivity contribution >= 4 is 5.69 Å². The molecule has 2 unspecified atom stereocenters. The van der Waals surface area contributed by atoms with Crippen molar-refractivity contribution in [1.82, 2.24) is 10.2 Å². The van der Waals surface area contributed by atoms with Crippen molar-refractivity contribution in [2.45, 2.75) is 31.9 Å². The van der Waals surface area contributed by atoms with E-state index in [9.17, 15) is 0 Å². The molecule has 5 heteroatoms. The zero-order valence-corrected chi connectivity index (χ0v) is 10.9. The Balaban J connectivity index is 1.73. The van der Waals surface area contributed by atoms with Crippen LogP contribution >= 0.6 is 0 Å². The average molecular weight is 259 g/mol. The maximum absolute atomic E-state index is 5.56. The Morgan fingerprint density at radius 1 is 1.37 bits per heavy atom. The number of nitrogens with one attached hydrogen (secondary N) is 1. The fourth-order valence-electron chi connectivity index (χ4n) is 2.41. The number of aromatic nitrogens is 2. The van der Waals surface area contributed by atoms with E-state index in [4.69, 9.17) is 9.15 Å². The first kappa shape index (κ1) is 12.2. The van der Waals surface area contributed by atoms with E-state index in [-0.39, 0.29) is 0 Å². The highest BCUT2D eigenvalue weighted by Gasteiger charge is 2.19. The van der Waals surface area contributed by atoms with E-state index in [0.29, 0.717) is 18.0 Å². The summed E-state index contributed by atoms with van der Waals surface area (Å²) in [5.74, 6) is 0.545. The third kappa shape index (κ3) is 2.93. The minimum Gasteiger partial charge on any atom is -0.423 e. The minimum absolute atomic E-state index is 0.324. The highest BCUT2D eigenvalue weighted by atomic mass is 16.5. The first-order valence-corrected chi connectivity index (χ1v) is 6.56. The van der Waals surface area contributed by atoms with Gasteiger partial charge in [0, 0.05) is 23.9 Å². The molecule has 1 aliphatic heterocycles. The molecule has 0 radical (unpaired) electrons. The summed E-state index contributed by atoms with van der Waals surface area (Å²) in [5, 5.41) is 11.2. The SMILES string of the molecule is CC1CC(Nc2cccc(-c3nnco3)c2)CCO1. The summed E-state index contributed by atoms with van der Waals surface area (Å²) >= 11 is 0.